The highest BCUT2D eigenvalue weighted by molar-refractivity contribution is 6.26. The number of carbonyl (C=O) groups is 1. The van der Waals surface area contributed by atoms with Gasteiger partial charge in [0.05, 0.1) is 22.5 Å². The highest BCUT2D eigenvalue weighted by Crippen LogP contribution is 2.38. The number of aromatic nitrogens is 2. The molecule has 118 valence electrons. The summed E-state index contributed by atoms with van der Waals surface area (Å²) in [6, 6.07) is 20.1. The zero-order chi connectivity index (χ0) is 17.0. The predicted molar refractivity (Wildman–Crippen MR) is 96.2 cm³/mol. The van der Waals surface area contributed by atoms with Gasteiger partial charge in [-0.05, 0) is 30.3 Å². The number of hydrogen-bond acceptors (Lipinski definition) is 3. The molecule has 4 nitrogen and oxygen atoms in total. The first kappa shape index (κ1) is 13.9. The van der Waals surface area contributed by atoms with Crippen molar-refractivity contribution in [2.24, 2.45) is 0 Å². The minimum atomic E-state index is -0.146. The number of carbonyl (C=O) groups excluding carboxylic acids is 1. The molecule has 0 unspecified atom stereocenters. The van der Waals surface area contributed by atoms with Crippen LogP contribution in [0.15, 0.2) is 77.7 Å². The second-order valence-electron chi connectivity index (χ2n) is 5.97. The fourth-order valence-electron chi connectivity index (χ4n) is 3.54. The van der Waals surface area contributed by atoms with Gasteiger partial charge in [0.25, 0.3) is 5.56 Å². The maximum Gasteiger partial charge on any atom is 0.263 e. The van der Waals surface area contributed by atoms with Crippen molar-refractivity contribution in [3.8, 4) is 17.1 Å². The van der Waals surface area contributed by atoms with E-state index >= 15 is 0 Å². The lowest BCUT2D eigenvalue weighted by Gasteiger charge is -2.14. The molecule has 2 aromatic carbocycles. The van der Waals surface area contributed by atoms with Crippen LogP contribution in [-0.4, -0.2) is 15.3 Å². The Kier molecular flexibility index (Phi) is 2.76. The van der Waals surface area contributed by atoms with E-state index in [0.717, 1.165) is 5.69 Å². The molecule has 0 atom stereocenters. The zero-order valence-electron chi connectivity index (χ0n) is 13.1. The fourth-order valence-corrected chi connectivity index (χ4v) is 3.54. The lowest BCUT2D eigenvalue weighted by molar-refractivity contribution is 0.104. The Balaban J connectivity index is 2.05. The van der Waals surface area contributed by atoms with Crippen molar-refractivity contribution < 1.29 is 4.79 Å². The quantitative estimate of drug-likeness (QED) is 0.473. The topological polar surface area (TPSA) is 52.0 Å². The van der Waals surface area contributed by atoms with Crippen molar-refractivity contribution in [2.75, 3.05) is 0 Å². The first-order chi connectivity index (χ1) is 12.3. The van der Waals surface area contributed by atoms with Crippen LogP contribution in [0.2, 0.25) is 0 Å². The third kappa shape index (κ3) is 1.79. The Labute approximate surface area is 143 Å². The minimum Gasteiger partial charge on any atom is -0.288 e. The molecule has 25 heavy (non-hydrogen) atoms. The van der Waals surface area contributed by atoms with E-state index in [2.05, 4.69) is 4.98 Å². The van der Waals surface area contributed by atoms with Crippen LogP contribution >= 0.6 is 0 Å². The number of hydrogen-bond donors (Lipinski definition) is 0. The summed E-state index contributed by atoms with van der Waals surface area (Å²) < 4.78 is 1.61. The molecule has 0 saturated heterocycles. The number of ketones is 1. The Morgan fingerprint density at radius 1 is 0.760 bits per heavy atom. The molecule has 5 rings (SSSR count). The number of pyridine rings is 2. The van der Waals surface area contributed by atoms with Crippen molar-refractivity contribution >= 4 is 16.6 Å². The third-order valence-electron chi connectivity index (χ3n) is 4.61. The van der Waals surface area contributed by atoms with Gasteiger partial charge in [-0.2, -0.15) is 0 Å². The minimum absolute atomic E-state index is 0.0843. The van der Waals surface area contributed by atoms with E-state index in [-0.39, 0.29) is 11.3 Å². The van der Waals surface area contributed by atoms with Gasteiger partial charge in [-0.25, -0.2) is 0 Å². The van der Waals surface area contributed by atoms with Gasteiger partial charge in [0.2, 0.25) is 0 Å². The Morgan fingerprint density at radius 3 is 2.28 bits per heavy atom. The van der Waals surface area contributed by atoms with Crippen LogP contribution in [0.3, 0.4) is 0 Å². The van der Waals surface area contributed by atoms with E-state index in [4.69, 9.17) is 0 Å². The SMILES string of the molecule is O=C1c2cccnc2-c2c1c1ccccc1c(=O)n2-c1ccccc1. The summed E-state index contributed by atoms with van der Waals surface area (Å²) in [6.07, 6.45) is 1.65. The highest BCUT2D eigenvalue weighted by Gasteiger charge is 2.33. The zero-order valence-corrected chi connectivity index (χ0v) is 13.1. The number of nitrogens with zero attached hydrogens (tertiary/aromatic N) is 2. The van der Waals surface area contributed by atoms with E-state index in [0.29, 0.717) is 33.3 Å². The van der Waals surface area contributed by atoms with Gasteiger partial charge in [-0.15, -0.1) is 0 Å². The molecule has 4 aromatic rings. The molecule has 1 aliphatic carbocycles. The van der Waals surface area contributed by atoms with E-state index in [9.17, 15) is 9.59 Å². The van der Waals surface area contributed by atoms with Crippen LogP contribution in [0.4, 0.5) is 0 Å². The number of para-hydroxylation sites is 1. The van der Waals surface area contributed by atoms with Crippen molar-refractivity contribution in [1.29, 1.82) is 0 Å². The highest BCUT2D eigenvalue weighted by atomic mass is 16.1. The van der Waals surface area contributed by atoms with Crippen molar-refractivity contribution in [3.05, 3.63) is 94.4 Å². The van der Waals surface area contributed by atoms with Crippen LogP contribution in [0.1, 0.15) is 15.9 Å². The average molecular weight is 324 g/mol. The predicted octanol–water partition coefficient (Wildman–Crippen LogP) is 3.60. The van der Waals surface area contributed by atoms with Gasteiger partial charge >= 0.3 is 0 Å². The molecule has 1 aliphatic rings. The average Bonchev–Trinajstić information content (AvgIpc) is 2.96. The summed E-state index contributed by atoms with van der Waals surface area (Å²) >= 11 is 0. The van der Waals surface area contributed by atoms with Gasteiger partial charge in [0, 0.05) is 22.7 Å². The Hall–Kier alpha value is -3.53. The van der Waals surface area contributed by atoms with Crippen molar-refractivity contribution in [1.82, 2.24) is 9.55 Å². The molecule has 0 aliphatic heterocycles. The lowest BCUT2D eigenvalue weighted by atomic mass is 10.0. The van der Waals surface area contributed by atoms with E-state index in [1.165, 1.54) is 0 Å². The van der Waals surface area contributed by atoms with E-state index < -0.39 is 0 Å². The van der Waals surface area contributed by atoms with Crippen molar-refractivity contribution in [2.45, 2.75) is 0 Å². The van der Waals surface area contributed by atoms with Crippen molar-refractivity contribution in [3.63, 3.8) is 0 Å². The Bertz CT molecular complexity index is 1220. The van der Waals surface area contributed by atoms with Crippen LogP contribution in [-0.2, 0) is 0 Å². The molecule has 2 aromatic heterocycles. The van der Waals surface area contributed by atoms with Crippen LogP contribution in [0.5, 0.6) is 0 Å². The molecule has 0 N–H and O–H groups in total. The molecule has 0 fully saturated rings. The Morgan fingerprint density at radius 2 is 1.48 bits per heavy atom. The summed E-state index contributed by atoms with van der Waals surface area (Å²) in [5.74, 6) is -0.0843. The van der Waals surface area contributed by atoms with Gasteiger partial charge in [-0.1, -0.05) is 36.4 Å². The molecule has 0 radical (unpaired) electrons. The summed E-state index contributed by atoms with van der Waals surface area (Å²) in [6.45, 7) is 0. The third-order valence-corrected chi connectivity index (χ3v) is 4.61. The normalized spacial score (nSPS) is 12.2. The molecule has 0 spiro atoms. The molecular formula is C21H12N2O2. The van der Waals surface area contributed by atoms with E-state index in [1.54, 1.807) is 29.0 Å². The number of benzene rings is 2. The summed E-state index contributed by atoms with van der Waals surface area (Å²) in [5.41, 5.74) is 2.81. The second kappa shape index (κ2) is 4.98. The van der Waals surface area contributed by atoms with Gasteiger partial charge in [-0.3, -0.25) is 19.1 Å². The number of fused-ring (bicyclic) bond motifs is 5. The molecule has 4 heteroatoms. The van der Waals surface area contributed by atoms with Gasteiger partial charge in [0.15, 0.2) is 5.78 Å². The first-order valence-electron chi connectivity index (χ1n) is 8.00. The second-order valence-corrected chi connectivity index (χ2v) is 5.97. The smallest absolute Gasteiger partial charge is 0.263 e. The molecule has 0 amide bonds. The summed E-state index contributed by atoms with van der Waals surface area (Å²) in [5, 5.41) is 1.21. The molecule has 0 bridgehead atoms. The van der Waals surface area contributed by atoms with E-state index in [1.807, 2.05) is 48.5 Å². The maximum absolute atomic E-state index is 13.2. The fraction of sp³-hybridized carbons (Fsp3) is 0. The molecule has 0 saturated carbocycles. The standard InChI is InChI=1S/C21H12N2O2/c24-20-16-11-6-12-22-18(16)19-17(20)14-9-4-5-10-15(14)21(25)23(19)13-7-2-1-3-8-13/h1-12H. The largest absolute Gasteiger partial charge is 0.288 e. The monoisotopic (exact) mass is 324 g/mol. The summed E-state index contributed by atoms with van der Waals surface area (Å²) in [7, 11) is 0. The molecular weight excluding hydrogens is 312 g/mol. The van der Waals surface area contributed by atoms with Crippen LogP contribution < -0.4 is 5.56 Å². The van der Waals surface area contributed by atoms with Crippen LogP contribution in [0.25, 0.3) is 27.8 Å². The lowest BCUT2D eigenvalue weighted by Crippen LogP contribution is -2.21. The van der Waals surface area contributed by atoms with Gasteiger partial charge < -0.3 is 0 Å². The molecule has 2 heterocycles. The number of rotatable bonds is 1. The maximum atomic E-state index is 13.2. The first-order valence-corrected chi connectivity index (χ1v) is 8.00. The van der Waals surface area contributed by atoms with Gasteiger partial charge in [0.1, 0.15) is 0 Å². The van der Waals surface area contributed by atoms with Crippen LogP contribution in [0, 0.1) is 0 Å². The summed E-state index contributed by atoms with van der Waals surface area (Å²) in [4.78, 5) is 30.7.